The lowest BCUT2D eigenvalue weighted by Crippen LogP contribution is -2.05. The highest BCUT2D eigenvalue weighted by molar-refractivity contribution is 7.13. The molecule has 0 saturated heterocycles. The topological polar surface area (TPSA) is 57.4 Å². The van der Waals surface area contributed by atoms with Crippen LogP contribution >= 0.6 is 11.3 Å². The Morgan fingerprint density at radius 3 is 2.67 bits per heavy atom. The molecule has 4 nitrogen and oxygen atoms in total. The summed E-state index contributed by atoms with van der Waals surface area (Å²) in [4.78, 5) is 4.33. The van der Waals surface area contributed by atoms with Crippen LogP contribution in [0.4, 0.5) is 5.13 Å². The second kappa shape index (κ2) is 7.84. The summed E-state index contributed by atoms with van der Waals surface area (Å²) in [5, 5.41) is 2.50. The first-order valence-electron chi connectivity index (χ1n) is 7.85. The maximum atomic E-state index is 5.91. The summed E-state index contributed by atoms with van der Waals surface area (Å²) < 4.78 is 11.6. The van der Waals surface area contributed by atoms with Crippen molar-refractivity contribution in [2.45, 2.75) is 13.3 Å². The third-order valence-corrected chi connectivity index (χ3v) is 4.16. The molecule has 124 valence electrons. The van der Waals surface area contributed by atoms with Crippen LogP contribution in [0.3, 0.4) is 0 Å². The van der Waals surface area contributed by atoms with Gasteiger partial charge in [-0.25, -0.2) is 4.98 Å². The molecule has 3 aromatic rings. The number of hydrogen-bond donors (Lipinski definition) is 1. The second-order valence-electron chi connectivity index (χ2n) is 5.43. The lowest BCUT2D eigenvalue weighted by molar-refractivity contribution is 0.248. The van der Waals surface area contributed by atoms with E-state index < -0.39 is 0 Å². The van der Waals surface area contributed by atoms with Gasteiger partial charge in [-0.2, -0.15) is 0 Å². The van der Waals surface area contributed by atoms with E-state index in [1.807, 2.05) is 47.8 Å². The van der Waals surface area contributed by atoms with E-state index in [2.05, 4.69) is 18.0 Å². The van der Waals surface area contributed by atoms with Crippen LogP contribution in [0.1, 0.15) is 12.0 Å². The zero-order valence-electron chi connectivity index (χ0n) is 13.6. The molecule has 1 aromatic heterocycles. The van der Waals surface area contributed by atoms with Gasteiger partial charge < -0.3 is 15.2 Å². The summed E-state index contributed by atoms with van der Waals surface area (Å²) in [6.45, 7) is 3.26. The van der Waals surface area contributed by atoms with Crippen molar-refractivity contribution >= 4 is 16.5 Å². The minimum absolute atomic E-state index is 0.561. The summed E-state index contributed by atoms with van der Waals surface area (Å²) in [5.74, 6) is 1.71. The van der Waals surface area contributed by atoms with Crippen molar-refractivity contribution in [3.05, 3.63) is 59.5 Å². The molecule has 5 heteroatoms. The van der Waals surface area contributed by atoms with E-state index in [9.17, 15) is 0 Å². The molecule has 0 fully saturated rings. The Balaban J connectivity index is 1.52. The number of anilines is 1. The number of hydrogen-bond acceptors (Lipinski definition) is 5. The molecule has 2 N–H and O–H groups in total. The summed E-state index contributed by atoms with van der Waals surface area (Å²) in [6.07, 6.45) is 0.807. The molecule has 2 aromatic carbocycles. The van der Waals surface area contributed by atoms with E-state index >= 15 is 0 Å². The Morgan fingerprint density at radius 1 is 1.04 bits per heavy atom. The number of para-hydroxylation sites is 1. The standard InChI is InChI=1S/C19H20N2O2S/c1-14-6-4-7-15(12-14)22-10-5-11-23-18-9-3-2-8-16(18)17-13-24-19(20)21-17/h2-4,6-9,12-13H,5,10-11H2,1H3,(H2,20,21). The fourth-order valence-corrected chi connectivity index (χ4v) is 2.91. The van der Waals surface area contributed by atoms with Gasteiger partial charge in [0.15, 0.2) is 5.13 Å². The molecule has 0 atom stereocenters. The molecular formula is C19H20N2O2S. The van der Waals surface area contributed by atoms with Crippen LogP contribution < -0.4 is 15.2 Å². The first-order valence-corrected chi connectivity index (χ1v) is 8.73. The van der Waals surface area contributed by atoms with Crippen LogP contribution in [0.15, 0.2) is 53.9 Å². The molecule has 0 aliphatic carbocycles. The largest absolute Gasteiger partial charge is 0.493 e. The minimum Gasteiger partial charge on any atom is -0.493 e. The fourth-order valence-electron chi connectivity index (χ4n) is 2.35. The highest BCUT2D eigenvalue weighted by Crippen LogP contribution is 2.31. The molecule has 0 saturated carbocycles. The molecular weight excluding hydrogens is 320 g/mol. The minimum atomic E-state index is 0.561. The highest BCUT2D eigenvalue weighted by atomic mass is 32.1. The van der Waals surface area contributed by atoms with E-state index in [0.717, 1.165) is 29.2 Å². The van der Waals surface area contributed by atoms with Gasteiger partial charge in [0.05, 0.1) is 18.9 Å². The van der Waals surface area contributed by atoms with Crippen molar-refractivity contribution in [3.8, 4) is 22.8 Å². The molecule has 0 amide bonds. The number of nitrogen functional groups attached to an aromatic ring is 1. The number of thiazole rings is 1. The number of nitrogens with two attached hydrogens (primary N) is 1. The van der Waals surface area contributed by atoms with Gasteiger partial charge in [0.25, 0.3) is 0 Å². The molecule has 0 aliphatic rings. The Kier molecular flexibility index (Phi) is 5.33. The number of aryl methyl sites for hydroxylation is 1. The van der Waals surface area contributed by atoms with E-state index in [0.29, 0.717) is 18.3 Å². The average Bonchev–Trinajstić information content (AvgIpc) is 3.01. The van der Waals surface area contributed by atoms with E-state index in [1.54, 1.807) is 0 Å². The van der Waals surface area contributed by atoms with Gasteiger partial charge in [-0.1, -0.05) is 24.3 Å². The van der Waals surface area contributed by atoms with Crippen molar-refractivity contribution in [3.63, 3.8) is 0 Å². The Labute approximate surface area is 145 Å². The highest BCUT2D eigenvalue weighted by Gasteiger charge is 2.08. The molecule has 3 rings (SSSR count). The van der Waals surface area contributed by atoms with Crippen molar-refractivity contribution in [1.82, 2.24) is 4.98 Å². The molecule has 24 heavy (non-hydrogen) atoms. The van der Waals surface area contributed by atoms with Gasteiger partial charge in [0.2, 0.25) is 0 Å². The van der Waals surface area contributed by atoms with Crippen LogP contribution in [0, 0.1) is 6.92 Å². The first-order chi connectivity index (χ1) is 11.7. The number of benzene rings is 2. The van der Waals surface area contributed by atoms with Crippen LogP contribution in [0.25, 0.3) is 11.3 Å². The van der Waals surface area contributed by atoms with E-state index in [-0.39, 0.29) is 0 Å². The average molecular weight is 340 g/mol. The predicted molar refractivity (Wildman–Crippen MR) is 98.7 cm³/mol. The lowest BCUT2D eigenvalue weighted by atomic mass is 10.1. The Bertz CT molecular complexity index is 801. The van der Waals surface area contributed by atoms with Gasteiger partial charge >= 0.3 is 0 Å². The van der Waals surface area contributed by atoms with E-state index in [1.165, 1.54) is 16.9 Å². The van der Waals surface area contributed by atoms with Crippen LogP contribution in [0.5, 0.6) is 11.5 Å². The van der Waals surface area contributed by atoms with Crippen molar-refractivity contribution < 1.29 is 9.47 Å². The zero-order valence-corrected chi connectivity index (χ0v) is 14.4. The smallest absolute Gasteiger partial charge is 0.180 e. The molecule has 0 unspecified atom stereocenters. The zero-order chi connectivity index (χ0) is 16.8. The van der Waals surface area contributed by atoms with Crippen molar-refractivity contribution in [2.24, 2.45) is 0 Å². The molecule has 0 bridgehead atoms. The monoisotopic (exact) mass is 340 g/mol. The molecule has 1 heterocycles. The Hall–Kier alpha value is -2.53. The number of nitrogens with zero attached hydrogens (tertiary/aromatic N) is 1. The van der Waals surface area contributed by atoms with E-state index in [4.69, 9.17) is 15.2 Å². The second-order valence-corrected chi connectivity index (χ2v) is 6.32. The van der Waals surface area contributed by atoms with Crippen molar-refractivity contribution in [2.75, 3.05) is 18.9 Å². The number of ether oxygens (including phenoxy) is 2. The maximum absolute atomic E-state index is 5.91. The van der Waals surface area contributed by atoms with Gasteiger partial charge in [0, 0.05) is 17.4 Å². The molecule has 0 aliphatic heterocycles. The normalized spacial score (nSPS) is 10.5. The number of rotatable bonds is 7. The van der Waals surface area contributed by atoms with Crippen LogP contribution in [-0.2, 0) is 0 Å². The summed E-state index contributed by atoms with van der Waals surface area (Å²) >= 11 is 1.43. The van der Waals surface area contributed by atoms with Crippen molar-refractivity contribution in [1.29, 1.82) is 0 Å². The SMILES string of the molecule is Cc1cccc(OCCCOc2ccccc2-c2csc(N)n2)c1. The van der Waals surface area contributed by atoms with Crippen LogP contribution in [-0.4, -0.2) is 18.2 Å². The van der Waals surface area contributed by atoms with Crippen LogP contribution in [0.2, 0.25) is 0 Å². The first kappa shape index (κ1) is 16.3. The van der Waals surface area contributed by atoms with Gasteiger partial charge in [-0.15, -0.1) is 11.3 Å². The molecule has 0 radical (unpaired) electrons. The lowest BCUT2D eigenvalue weighted by Gasteiger charge is -2.11. The third kappa shape index (κ3) is 4.26. The quantitative estimate of drug-likeness (QED) is 0.641. The van der Waals surface area contributed by atoms with Gasteiger partial charge in [-0.05, 0) is 36.8 Å². The third-order valence-electron chi connectivity index (χ3n) is 3.49. The Morgan fingerprint density at radius 2 is 1.88 bits per heavy atom. The maximum Gasteiger partial charge on any atom is 0.180 e. The van der Waals surface area contributed by atoms with Gasteiger partial charge in [-0.3, -0.25) is 0 Å². The fraction of sp³-hybridized carbons (Fsp3) is 0.211. The summed E-state index contributed by atoms with van der Waals surface area (Å²) in [6, 6.07) is 15.9. The summed E-state index contributed by atoms with van der Waals surface area (Å²) in [7, 11) is 0. The predicted octanol–water partition coefficient (Wildman–Crippen LogP) is 4.55. The molecule has 0 spiro atoms. The number of aromatic nitrogens is 1. The van der Waals surface area contributed by atoms with Gasteiger partial charge in [0.1, 0.15) is 11.5 Å². The summed E-state index contributed by atoms with van der Waals surface area (Å²) in [5.41, 5.74) is 8.73.